The van der Waals surface area contributed by atoms with Crippen molar-refractivity contribution in [1.82, 2.24) is 9.80 Å². The maximum absolute atomic E-state index is 18.2. The van der Waals surface area contributed by atoms with E-state index in [9.17, 15) is 14.4 Å². The monoisotopic (exact) mass is 1600 g/mol. The number of thioether (sulfide) groups is 2. The van der Waals surface area contributed by atoms with Crippen molar-refractivity contribution in [3.8, 4) is 58.5 Å². The van der Waals surface area contributed by atoms with E-state index >= 15 is 4.39 Å². The summed E-state index contributed by atoms with van der Waals surface area (Å²) < 4.78 is 26.4. The average Bonchev–Trinajstić information content (AvgIpc) is 1.57. The van der Waals surface area contributed by atoms with Gasteiger partial charge in [-0.3, -0.25) is 19.4 Å². The standard InChI is InChI=1S/C83H105FN2O4S12/c1-9-17-22-26-30-34-39-55-47-59(51-67-79(87)85(15-7)82(91)99-67)93-71(55)61-43-45-63(95-61)73-57(41-36-32-28-24-19-11-3)49-65(97-73)75-69-70(84)78(81(89)90-53-54(14-6)38-21-13-5)102-77(69)76(101-75)66-50-58(42-37-33-29-25-20-12-4)74(98-66)64-46-44-62(96-64)72-56(40-35-31-27-23-18-10-2)48-60(94-72)52-68-80(88)86(16-8)83(92)100-68/h43-52,54H,9-42,53H2,1-8H3/b67-51-,68-52-. The van der Waals surface area contributed by atoms with Crippen LogP contribution >= 0.6 is 139 Å². The molecule has 8 aromatic rings. The van der Waals surface area contributed by atoms with Gasteiger partial charge in [0.2, 0.25) is 0 Å². The normalized spacial score (nSPS) is 14.7. The Morgan fingerprint density at radius 3 is 1.20 bits per heavy atom. The molecule has 10 rings (SSSR count). The highest BCUT2D eigenvalue weighted by Crippen LogP contribution is 2.56. The van der Waals surface area contributed by atoms with Crippen molar-refractivity contribution in [2.45, 2.75) is 261 Å². The number of carbonyl (C=O) groups is 3. The molecule has 8 aromatic heterocycles. The van der Waals surface area contributed by atoms with Crippen LogP contribution in [0.2, 0.25) is 0 Å². The summed E-state index contributed by atoms with van der Waals surface area (Å²) in [6.07, 6.45) is 40.9. The van der Waals surface area contributed by atoms with E-state index in [0.29, 0.717) is 36.9 Å². The van der Waals surface area contributed by atoms with Crippen molar-refractivity contribution in [2.24, 2.45) is 5.92 Å². The molecule has 2 amide bonds. The lowest BCUT2D eigenvalue weighted by Crippen LogP contribution is -2.27. The number of ether oxygens (including phenoxy) is 1. The summed E-state index contributed by atoms with van der Waals surface area (Å²) in [6, 6.07) is 18.7. The molecule has 0 radical (unpaired) electrons. The predicted octanol–water partition coefficient (Wildman–Crippen LogP) is 29.9. The molecule has 2 aliphatic heterocycles. The molecule has 6 nitrogen and oxygen atoms in total. The van der Waals surface area contributed by atoms with Gasteiger partial charge in [0.05, 0.1) is 30.9 Å². The number of unbranched alkanes of at least 4 members (excludes halogenated alkanes) is 21. The molecular formula is C83H105FN2O4S12. The van der Waals surface area contributed by atoms with Gasteiger partial charge in [-0.25, -0.2) is 9.18 Å². The highest BCUT2D eigenvalue weighted by atomic mass is 32.2. The largest absolute Gasteiger partial charge is 0.461 e. The van der Waals surface area contributed by atoms with Crippen LogP contribution in [-0.2, 0) is 40.0 Å². The van der Waals surface area contributed by atoms with Crippen molar-refractivity contribution < 1.29 is 23.5 Å². The molecule has 2 aliphatic rings. The van der Waals surface area contributed by atoms with Crippen molar-refractivity contribution in [1.29, 1.82) is 0 Å². The smallest absolute Gasteiger partial charge is 0.351 e. The summed E-state index contributed by atoms with van der Waals surface area (Å²) in [5.41, 5.74) is 5.29. The van der Waals surface area contributed by atoms with E-state index < -0.39 is 11.8 Å². The number of esters is 1. The first-order valence-corrected chi connectivity index (χ1v) is 47.4. The van der Waals surface area contributed by atoms with E-state index in [4.69, 9.17) is 29.2 Å². The number of likely N-dealkylation sites (N-methyl/N-ethyl adjacent to an activating group) is 2. The van der Waals surface area contributed by atoms with Gasteiger partial charge in [-0.15, -0.1) is 90.7 Å². The van der Waals surface area contributed by atoms with Gasteiger partial charge in [-0.1, -0.05) is 237 Å². The molecule has 1 atom stereocenters. The lowest BCUT2D eigenvalue weighted by molar-refractivity contribution is -0.122. The maximum Gasteiger partial charge on any atom is 0.351 e. The number of fused-ring (bicyclic) bond motifs is 1. The Labute approximate surface area is 660 Å². The van der Waals surface area contributed by atoms with Gasteiger partial charge >= 0.3 is 5.97 Å². The fourth-order valence-corrected chi connectivity index (χ4v) is 26.7. The van der Waals surface area contributed by atoms with Gasteiger partial charge in [0.25, 0.3) is 11.8 Å². The zero-order valence-electron chi connectivity index (χ0n) is 61.4. The minimum absolute atomic E-state index is 0.00848. The van der Waals surface area contributed by atoms with Crippen LogP contribution in [0.25, 0.3) is 80.8 Å². The van der Waals surface area contributed by atoms with Crippen molar-refractivity contribution in [2.75, 3.05) is 19.7 Å². The Morgan fingerprint density at radius 2 is 0.814 bits per heavy atom. The Hall–Kier alpha value is -3.44. The van der Waals surface area contributed by atoms with Gasteiger partial charge in [-0.2, -0.15) is 0 Å². The molecule has 0 aliphatic carbocycles. The number of halogens is 1. The Morgan fingerprint density at radius 1 is 0.441 bits per heavy atom. The first-order valence-electron chi connectivity index (χ1n) is 38.4. The quantitative estimate of drug-likeness (QED) is 0.0162. The van der Waals surface area contributed by atoms with Crippen molar-refractivity contribution in [3.05, 3.63) is 101 Å². The second-order valence-electron chi connectivity index (χ2n) is 27.4. The number of hydrogen-bond donors (Lipinski definition) is 0. The first-order chi connectivity index (χ1) is 49.7. The third kappa shape index (κ3) is 20.9. The van der Waals surface area contributed by atoms with E-state index in [2.05, 4.69) is 102 Å². The second-order valence-corrected chi connectivity index (χ2v) is 39.2. The lowest BCUT2D eigenvalue weighted by Gasteiger charge is -2.14. The first kappa shape index (κ1) is 81.1. The minimum Gasteiger partial charge on any atom is -0.461 e. The summed E-state index contributed by atoms with van der Waals surface area (Å²) in [5.74, 6) is -0.832. The molecule has 0 saturated carbocycles. The molecule has 550 valence electrons. The van der Waals surface area contributed by atoms with Crippen LogP contribution in [0.4, 0.5) is 4.39 Å². The average molecular weight is 1600 g/mol. The van der Waals surface area contributed by atoms with Gasteiger partial charge < -0.3 is 4.74 Å². The fourth-order valence-electron chi connectivity index (χ4n) is 13.6. The number of carbonyl (C=O) groups excluding carboxylic acids is 3. The van der Waals surface area contributed by atoms with Crippen LogP contribution in [0.3, 0.4) is 0 Å². The van der Waals surface area contributed by atoms with Gasteiger partial charge in [0, 0.05) is 77.0 Å². The summed E-state index contributed by atoms with van der Waals surface area (Å²) in [7, 11) is 0. The molecule has 102 heavy (non-hydrogen) atoms. The number of hydrogen-bond acceptors (Lipinski definition) is 16. The third-order valence-electron chi connectivity index (χ3n) is 19.6. The predicted molar refractivity (Wildman–Crippen MR) is 463 cm³/mol. The van der Waals surface area contributed by atoms with Crippen LogP contribution in [0.1, 0.15) is 277 Å². The van der Waals surface area contributed by atoms with E-state index in [1.165, 1.54) is 218 Å². The third-order valence-corrected chi connectivity index (χ3v) is 32.7. The Kier molecular flexibility index (Phi) is 32.8. The van der Waals surface area contributed by atoms with Crippen LogP contribution in [0, 0.1) is 11.7 Å². The Balaban J connectivity index is 1.07. The van der Waals surface area contributed by atoms with E-state index in [-0.39, 0.29) is 29.2 Å². The molecule has 0 N–H and O–H groups in total. The highest BCUT2D eigenvalue weighted by molar-refractivity contribution is 8.27. The summed E-state index contributed by atoms with van der Waals surface area (Å²) >= 11 is 28.0. The maximum atomic E-state index is 18.2. The van der Waals surface area contributed by atoms with Crippen LogP contribution in [-0.4, -0.2) is 55.9 Å². The van der Waals surface area contributed by atoms with Gasteiger partial charge in [-0.05, 0) is 160 Å². The van der Waals surface area contributed by atoms with E-state index in [0.717, 1.165) is 117 Å². The van der Waals surface area contributed by atoms with E-state index in [1.807, 2.05) is 47.9 Å². The van der Waals surface area contributed by atoms with Gasteiger partial charge in [0.1, 0.15) is 13.5 Å². The number of thiocarbonyl (C=S) groups is 2. The molecule has 2 saturated heterocycles. The van der Waals surface area contributed by atoms with Crippen LogP contribution in [0.15, 0.2) is 58.3 Å². The molecular weight excluding hydrogens is 1490 g/mol. The summed E-state index contributed by atoms with van der Waals surface area (Å²) in [6.45, 7) is 18.8. The molecule has 2 fully saturated rings. The van der Waals surface area contributed by atoms with Crippen molar-refractivity contribution >= 4 is 187 Å². The molecule has 1 unspecified atom stereocenters. The molecule has 10 heterocycles. The molecule has 19 heteroatoms. The topological polar surface area (TPSA) is 66.9 Å². The van der Waals surface area contributed by atoms with Crippen LogP contribution in [0.5, 0.6) is 0 Å². The molecule has 0 bridgehead atoms. The molecule has 0 spiro atoms. The number of nitrogens with zero attached hydrogens (tertiary/aromatic N) is 2. The number of amides is 2. The van der Waals surface area contributed by atoms with Gasteiger partial charge in [0.15, 0.2) is 5.82 Å². The second kappa shape index (κ2) is 41.2. The van der Waals surface area contributed by atoms with Crippen LogP contribution < -0.4 is 0 Å². The minimum atomic E-state index is -0.568. The Bertz CT molecular complexity index is 4150. The fraction of sp³-hybridized carbons (Fsp3) is 0.530. The highest BCUT2D eigenvalue weighted by Gasteiger charge is 2.34. The SMILES string of the molecule is CCCCCCCCc1cc(/C=C2\SC(=S)N(CC)C2=O)sc1-c1ccc(-c2sc(-c3sc(-c4cc(CCCCCCCC)c(-c5ccc(-c6sc(/C=C7\SC(=S)N(CC)C7=O)cc6CCCCCCCC)s5)s4)c4c(F)c(C(=O)OCC(CC)CCCC)sc34)cc2CCCCCCCC)s1. The number of aryl methyl sites for hydroxylation is 4. The summed E-state index contributed by atoms with van der Waals surface area (Å²) in [5, 5.41) is 0.534. The molecule has 0 aromatic carbocycles. The summed E-state index contributed by atoms with van der Waals surface area (Å²) in [4.78, 5) is 62.6. The van der Waals surface area contributed by atoms with E-state index in [1.54, 1.807) is 55.1 Å². The zero-order valence-corrected chi connectivity index (χ0v) is 71.2. The number of thiophene rings is 8. The van der Waals surface area contributed by atoms with Crippen molar-refractivity contribution in [3.63, 3.8) is 0 Å². The lowest BCUT2D eigenvalue weighted by atomic mass is 10.0. The number of rotatable bonds is 45. The zero-order chi connectivity index (χ0) is 72.1.